The summed E-state index contributed by atoms with van der Waals surface area (Å²) in [6, 6.07) is 0. The van der Waals surface area contributed by atoms with Gasteiger partial charge in [0.15, 0.2) is 0 Å². The molecule has 0 atom stereocenters. The van der Waals surface area contributed by atoms with Gasteiger partial charge in [0.05, 0.1) is 0 Å². The summed E-state index contributed by atoms with van der Waals surface area (Å²) in [5.41, 5.74) is 0. The summed E-state index contributed by atoms with van der Waals surface area (Å²) < 4.78 is 0. The minimum Gasteiger partial charge on any atom is -0.303 e. The van der Waals surface area contributed by atoms with Crippen LogP contribution < -0.4 is 0 Å². The quantitative estimate of drug-likeness (QED) is 0.397. The molecule has 0 aliphatic carbocycles. The van der Waals surface area contributed by atoms with Crippen molar-refractivity contribution in [2.75, 3.05) is 11.5 Å². The van der Waals surface area contributed by atoms with Crippen molar-refractivity contribution in [1.82, 2.24) is 0 Å². The lowest BCUT2D eigenvalue weighted by molar-refractivity contribution is -0.107. The van der Waals surface area contributed by atoms with Gasteiger partial charge >= 0.3 is 0 Å². The summed E-state index contributed by atoms with van der Waals surface area (Å²) in [6.45, 7) is 2.24. The van der Waals surface area contributed by atoms with Crippen LogP contribution in [-0.2, 0) is 4.79 Å². The Labute approximate surface area is 86.7 Å². The van der Waals surface area contributed by atoms with E-state index in [2.05, 4.69) is 6.92 Å². The molecule has 0 heterocycles. The van der Waals surface area contributed by atoms with E-state index in [0.717, 1.165) is 24.9 Å². The second-order valence-corrected chi connectivity index (χ2v) is 4.56. The highest BCUT2D eigenvalue weighted by Gasteiger charge is 1.91. The van der Waals surface area contributed by atoms with Gasteiger partial charge in [0, 0.05) is 6.42 Å². The number of hydrogen-bond donors (Lipinski definition) is 0. The Bertz CT molecular complexity index is 104. The molecule has 0 unspecified atom stereocenters. The Morgan fingerprint density at radius 1 is 1.00 bits per heavy atom. The Hall–Kier alpha value is 0.0200. The molecule has 0 aliphatic rings. The van der Waals surface area contributed by atoms with Crippen molar-refractivity contribution in [2.45, 2.75) is 51.9 Å². The molecule has 0 amide bonds. The monoisotopic (exact) mass is 202 g/mol. The molecule has 0 saturated heterocycles. The standard InChI is InChI=1S/C11H22OS/c1-2-3-4-5-7-10-13-11-8-6-9-12/h9H,2-8,10-11H2,1H3. The van der Waals surface area contributed by atoms with Gasteiger partial charge in [-0.05, 0) is 24.3 Å². The number of hydrogen-bond acceptors (Lipinski definition) is 2. The van der Waals surface area contributed by atoms with Crippen LogP contribution in [0.4, 0.5) is 0 Å². The topological polar surface area (TPSA) is 17.1 Å². The van der Waals surface area contributed by atoms with Crippen molar-refractivity contribution in [3.63, 3.8) is 0 Å². The fraction of sp³-hybridized carbons (Fsp3) is 0.909. The Balaban J connectivity index is 2.79. The first-order chi connectivity index (χ1) is 6.41. The third-order valence-electron chi connectivity index (χ3n) is 2.00. The summed E-state index contributed by atoms with van der Waals surface area (Å²) in [6.07, 6.45) is 9.65. The van der Waals surface area contributed by atoms with Crippen molar-refractivity contribution < 1.29 is 4.79 Å². The molecule has 0 fully saturated rings. The molecule has 78 valence electrons. The number of carbonyl (C=O) groups is 1. The highest BCUT2D eigenvalue weighted by atomic mass is 32.2. The van der Waals surface area contributed by atoms with E-state index < -0.39 is 0 Å². The highest BCUT2D eigenvalue weighted by Crippen LogP contribution is 2.09. The molecule has 0 aromatic rings. The molecule has 13 heavy (non-hydrogen) atoms. The van der Waals surface area contributed by atoms with Crippen molar-refractivity contribution in [2.24, 2.45) is 0 Å². The molecule has 0 aromatic carbocycles. The second-order valence-electron chi connectivity index (χ2n) is 3.34. The molecule has 0 rings (SSSR count). The fourth-order valence-corrected chi connectivity index (χ4v) is 2.16. The van der Waals surface area contributed by atoms with Crippen LogP contribution in [0.3, 0.4) is 0 Å². The zero-order chi connectivity index (χ0) is 9.78. The zero-order valence-electron chi connectivity index (χ0n) is 8.76. The Morgan fingerprint density at radius 3 is 2.38 bits per heavy atom. The van der Waals surface area contributed by atoms with Crippen LogP contribution in [0, 0.1) is 0 Å². The molecule has 1 nitrogen and oxygen atoms in total. The lowest BCUT2D eigenvalue weighted by Gasteiger charge is -1.99. The number of aldehydes is 1. The maximum atomic E-state index is 10.0. The summed E-state index contributed by atoms with van der Waals surface area (Å²) in [7, 11) is 0. The van der Waals surface area contributed by atoms with Crippen LogP contribution in [0.1, 0.15) is 51.9 Å². The summed E-state index contributed by atoms with van der Waals surface area (Å²) >= 11 is 1.99. The molecule has 0 radical (unpaired) electrons. The predicted octanol–water partition coefficient (Wildman–Crippen LogP) is 3.67. The lowest BCUT2D eigenvalue weighted by atomic mass is 10.2. The molecule has 0 aromatic heterocycles. The largest absolute Gasteiger partial charge is 0.303 e. The minimum absolute atomic E-state index is 0.739. The predicted molar refractivity (Wildman–Crippen MR) is 61.4 cm³/mol. The average Bonchev–Trinajstić information content (AvgIpc) is 2.16. The summed E-state index contributed by atoms with van der Waals surface area (Å²) in [5, 5.41) is 0. The number of rotatable bonds is 10. The van der Waals surface area contributed by atoms with Crippen LogP contribution in [0.25, 0.3) is 0 Å². The molecule has 0 spiro atoms. The van der Waals surface area contributed by atoms with Gasteiger partial charge in [0.1, 0.15) is 6.29 Å². The van der Waals surface area contributed by atoms with Crippen molar-refractivity contribution in [3.8, 4) is 0 Å². The highest BCUT2D eigenvalue weighted by molar-refractivity contribution is 7.99. The Morgan fingerprint density at radius 2 is 1.69 bits per heavy atom. The third kappa shape index (κ3) is 12.0. The summed E-state index contributed by atoms with van der Waals surface area (Å²) in [5.74, 6) is 2.44. The minimum atomic E-state index is 0.739. The van der Waals surface area contributed by atoms with Crippen LogP contribution in [0.5, 0.6) is 0 Å². The maximum Gasteiger partial charge on any atom is 0.120 e. The molecular weight excluding hydrogens is 180 g/mol. The van der Waals surface area contributed by atoms with Gasteiger partial charge in [-0.1, -0.05) is 32.6 Å². The van der Waals surface area contributed by atoms with Crippen LogP contribution in [0.2, 0.25) is 0 Å². The maximum absolute atomic E-state index is 10.0. The van der Waals surface area contributed by atoms with E-state index >= 15 is 0 Å². The van der Waals surface area contributed by atoms with Gasteiger partial charge in [0.25, 0.3) is 0 Å². The average molecular weight is 202 g/mol. The van der Waals surface area contributed by atoms with Crippen molar-refractivity contribution >= 4 is 18.0 Å². The van der Waals surface area contributed by atoms with E-state index in [1.165, 1.54) is 37.9 Å². The molecule has 0 N–H and O–H groups in total. The third-order valence-corrected chi connectivity index (χ3v) is 3.16. The Kier molecular flexibility index (Phi) is 12.0. The first-order valence-electron chi connectivity index (χ1n) is 5.43. The molecule has 0 bridgehead atoms. The van der Waals surface area contributed by atoms with E-state index in [1.807, 2.05) is 11.8 Å². The fourth-order valence-electron chi connectivity index (χ4n) is 1.18. The van der Waals surface area contributed by atoms with E-state index in [0.29, 0.717) is 0 Å². The van der Waals surface area contributed by atoms with Gasteiger partial charge in [-0.3, -0.25) is 0 Å². The van der Waals surface area contributed by atoms with E-state index in [4.69, 9.17) is 0 Å². The first-order valence-corrected chi connectivity index (χ1v) is 6.58. The number of unbranched alkanes of at least 4 members (excludes halogenated alkanes) is 5. The lowest BCUT2D eigenvalue weighted by Crippen LogP contribution is -1.85. The summed E-state index contributed by atoms with van der Waals surface area (Å²) in [4.78, 5) is 10.0. The first kappa shape index (κ1) is 13.0. The second kappa shape index (κ2) is 12.0. The SMILES string of the molecule is CCCCCCCSCCCC=O. The van der Waals surface area contributed by atoms with Gasteiger partial charge in [-0.25, -0.2) is 0 Å². The molecule has 0 aliphatic heterocycles. The van der Waals surface area contributed by atoms with Gasteiger partial charge in [-0.2, -0.15) is 11.8 Å². The van der Waals surface area contributed by atoms with Crippen LogP contribution in [0.15, 0.2) is 0 Å². The van der Waals surface area contributed by atoms with Crippen molar-refractivity contribution in [1.29, 1.82) is 0 Å². The smallest absolute Gasteiger partial charge is 0.120 e. The van der Waals surface area contributed by atoms with E-state index in [9.17, 15) is 4.79 Å². The molecule has 0 saturated carbocycles. The molecular formula is C11H22OS. The van der Waals surface area contributed by atoms with Gasteiger partial charge in [-0.15, -0.1) is 0 Å². The number of thioether (sulfide) groups is 1. The zero-order valence-corrected chi connectivity index (χ0v) is 9.57. The van der Waals surface area contributed by atoms with E-state index in [1.54, 1.807) is 0 Å². The normalized spacial score (nSPS) is 10.2. The van der Waals surface area contributed by atoms with E-state index in [-0.39, 0.29) is 0 Å². The van der Waals surface area contributed by atoms with Crippen LogP contribution >= 0.6 is 11.8 Å². The van der Waals surface area contributed by atoms with Gasteiger partial charge < -0.3 is 4.79 Å². The number of carbonyl (C=O) groups excluding carboxylic acids is 1. The van der Waals surface area contributed by atoms with Crippen LogP contribution in [-0.4, -0.2) is 17.8 Å². The van der Waals surface area contributed by atoms with Gasteiger partial charge in [0.2, 0.25) is 0 Å². The molecule has 2 heteroatoms. The van der Waals surface area contributed by atoms with Crippen molar-refractivity contribution in [3.05, 3.63) is 0 Å².